The van der Waals surface area contributed by atoms with Crippen molar-refractivity contribution in [2.75, 3.05) is 24.3 Å². The fraction of sp³-hybridized carbons (Fsp3) is 0.333. The molecule has 0 saturated heterocycles. The predicted octanol–water partition coefficient (Wildman–Crippen LogP) is 0.818. The number of hydrogen-bond acceptors (Lipinski definition) is 6. The van der Waals surface area contributed by atoms with Crippen LogP contribution in [0.4, 0.5) is 11.4 Å². The highest BCUT2D eigenvalue weighted by Crippen LogP contribution is 2.25. The van der Waals surface area contributed by atoms with Crippen LogP contribution >= 0.6 is 11.8 Å². The van der Waals surface area contributed by atoms with Crippen molar-refractivity contribution in [2.45, 2.75) is 4.90 Å². The number of nitro benzene ring substituents is 1. The topological polar surface area (TPSA) is 115 Å². The summed E-state index contributed by atoms with van der Waals surface area (Å²) >= 11 is 1.47. The monoisotopic (exact) mass is 291 g/mol. The number of nitrogen functional groups attached to an aromatic ring is 1. The summed E-state index contributed by atoms with van der Waals surface area (Å²) in [6.07, 6.45) is 1.83. The van der Waals surface area contributed by atoms with Crippen LogP contribution in [-0.2, 0) is 10.0 Å². The van der Waals surface area contributed by atoms with E-state index < -0.39 is 25.5 Å². The van der Waals surface area contributed by atoms with Crippen LogP contribution in [0, 0.1) is 10.1 Å². The molecule has 0 aliphatic rings. The molecule has 0 amide bonds. The lowest BCUT2D eigenvalue weighted by Gasteiger charge is -2.07. The van der Waals surface area contributed by atoms with E-state index in [4.69, 9.17) is 5.73 Å². The average molecular weight is 291 g/mol. The quantitative estimate of drug-likeness (QED) is 0.347. The van der Waals surface area contributed by atoms with Gasteiger partial charge in [-0.05, 0) is 18.4 Å². The lowest BCUT2D eigenvalue weighted by atomic mass is 10.3. The minimum Gasteiger partial charge on any atom is -0.399 e. The second-order valence-electron chi connectivity index (χ2n) is 3.37. The first-order valence-corrected chi connectivity index (χ1v) is 7.78. The van der Waals surface area contributed by atoms with Crippen LogP contribution in [0.3, 0.4) is 0 Å². The van der Waals surface area contributed by atoms with Gasteiger partial charge in [-0.15, -0.1) is 0 Å². The average Bonchev–Trinajstić information content (AvgIpc) is 2.28. The summed E-state index contributed by atoms with van der Waals surface area (Å²) in [5, 5.41) is 10.8. The fourth-order valence-electron chi connectivity index (χ4n) is 1.25. The van der Waals surface area contributed by atoms with Crippen LogP contribution in [0.5, 0.6) is 0 Å². The first-order chi connectivity index (χ1) is 8.38. The van der Waals surface area contributed by atoms with Gasteiger partial charge in [0.15, 0.2) is 4.90 Å². The standard InChI is InChI=1S/C9H13N3O4S2/c1-17-5-4-11-18(15,16)9-6-7(10)2-3-8(9)12(13)14/h2-3,6,11H,4-5,10H2,1H3. The highest BCUT2D eigenvalue weighted by Gasteiger charge is 2.25. The third kappa shape index (κ3) is 3.59. The van der Waals surface area contributed by atoms with Gasteiger partial charge in [-0.25, -0.2) is 13.1 Å². The van der Waals surface area contributed by atoms with Crippen molar-refractivity contribution in [3.63, 3.8) is 0 Å². The van der Waals surface area contributed by atoms with Crippen molar-refractivity contribution < 1.29 is 13.3 Å². The van der Waals surface area contributed by atoms with Gasteiger partial charge in [-0.3, -0.25) is 10.1 Å². The number of nitro groups is 1. The molecule has 3 N–H and O–H groups in total. The third-order valence-electron chi connectivity index (χ3n) is 2.07. The Morgan fingerprint density at radius 3 is 2.72 bits per heavy atom. The molecular weight excluding hydrogens is 278 g/mol. The number of sulfonamides is 1. The first kappa shape index (κ1) is 14.7. The van der Waals surface area contributed by atoms with E-state index in [0.717, 1.165) is 12.1 Å². The van der Waals surface area contributed by atoms with E-state index in [-0.39, 0.29) is 12.2 Å². The zero-order valence-electron chi connectivity index (χ0n) is 9.62. The van der Waals surface area contributed by atoms with E-state index >= 15 is 0 Å². The van der Waals surface area contributed by atoms with Crippen LogP contribution in [0.2, 0.25) is 0 Å². The lowest BCUT2D eigenvalue weighted by molar-refractivity contribution is -0.387. The summed E-state index contributed by atoms with van der Waals surface area (Å²) in [7, 11) is -3.92. The molecule has 7 nitrogen and oxygen atoms in total. The SMILES string of the molecule is CSCCNS(=O)(=O)c1cc(N)ccc1[N+](=O)[O-]. The van der Waals surface area contributed by atoms with E-state index in [2.05, 4.69) is 4.72 Å². The van der Waals surface area contributed by atoms with Crippen LogP contribution in [0.1, 0.15) is 0 Å². The summed E-state index contributed by atoms with van der Waals surface area (Å²) in [4.78, 5) is 9.62. The fourth-order valence-corrected chi connectivity index (χ4v) is 2.92. The maximum absolute atomic E-state index is 11.9. The zero-order valence-corrected chi connectivity index (χ0v) is 11.3. The van der Waals surface area contributed by atoms with E-state index in [9.17, 15) is 18.5 Å². The minimum atomic E-state index is -3.92. The lowest BCUT2D eigenvalue weighted by Crippen LogP contribution is -2.26. The van der Waals surface area contributed by atoms with E-state index in [1.54, 1.807) is 0 Å². The maximum atomic E-state index is 11.9. The van der Waals surface area contributed by atoms with Crippen LogP contribution < -0.4 is 10.5 Å². The predicted molar refractivity (Wildman–Crippen MR) is 71.1 cm³/mol. The van der Waals surface area contributed by atoms with Gasteiger partial charge in [0.25, 0.3) is 5.69 Å². The molecule has 0 radical (unpaired) electrons. The van der Waals surface area contributed by atoms with Gasteiger partial charge in [0.05, 0.1) is 4.92 Å². The summed E-state index contributed by atoms with van der Waals surface area (Å²) in [6, 6.07) is 3.46. The Hall–Kier alpha value is -1.32. The largest absolute Gasteiger partial charge is 0.399 e. The van der Waals surface area contributed by atoms with Crippen LogP contribution in [0.25, 0.3) is 0 Å². The third-order valence-corrected chi connectivity index (χ3v) is 4.17. The molecule has 0 saturated carbocycles. The second-order valence-corrected chi connectivity index (χ2v) is 6.10. The van der Waals surface area contributed by atoms with Gasteiger partial charge >= 0.3 is 0 Å². The Morgan fingerprint density at radius 1 is 1.50 bits per heavy atom. The summed E-state index contributed by atoms with van der Waals surface area (Å²) in [5.74, 6) is 0.579. The highest BCUT2D eigenvalue weighted by atomic mass is 32.2. The zero-order chi connectivity index (χ0) is 13.8. The normalized spacial score (nSPS) is 11.4. The molecule has 0 spiro atoms. The Labute approximate surface area is 109 Å². The van der Waals surface area contributed by atoms with E-state index in [1.165, 1.54) is 17.8 Å². The molecule has 0 bridgehead atoms. The van der Waals surface area contributed by atoms with E-state index in [0.29, 0.717) is 5.75 Å². The second kappa shape index (κ2) is 6.03. The number of thioether (sulfide) groups is 1. The van der Waals surface area contributed by atoms with Crippen molar-refractivity contribution >= 4 is 33.2 Å². The number of hydrogen-bond donors (Lipinski definition) is 2. The van der Waals surface area contributed by atoms with Gasteiger partial charge < -0.3 is 5.73 Å². The Morgan fingerprint density at radius 2 is 2.17 bits per heavy atom. The van der Waals surface area contributed by atoms with E-state index in [1.807, 2.05) is 6.26 Å². The Balaban J connectivity index is 3.14. The summed E-state index contributed by atoms with van der Waals surface area (Å²) < 4.78 is 26.1. The molecule has 0 unspecified atom stereocenters. The summed E-state index contributed by atoms with van der Waals surface area (Å²) in [6.45, 7) is 0.204. The number of rotatable bonds is 6. The number of nitrogens with two attached hydrogens (primary N) is 1. The van der Waals surface area contributed by atoms with Crippen LogP contribution in [0.15, 0.2) is 23.1 Å². The van der Waals surface area contributed by atoms with Gasteiger partial charge in [0, 0.05) is 24.1 Å². The molecular formula is C9H13N3O4S2. The van der Waals surface area contributed by atoms with Crippen molar-refractivity contribution in [1.29, 1.82) is 0 Å². The maximum Gasteiger partial charge on any atom is 0.289 e. The van der Waals surface area contributed by atoms with Gasteiger partial charge in [-0.2, -0.15) is 11.8 Å². The Kier molecular flexibility index (Phi) is 4.93. The molecule has 0 aliphatic heterocycles. The first-order valence-electron chi connectivity index (χ1n) is 4.91. The molecule has 0 fully saturated rings. The molecule has 0 aliphatic carbocycles. The van der Waals surface area contributed by atoms with Crippen molar-refractivity contribution in [1.82, 2.24) is 4.72 Å². The number of benzene rings is 1. The van der Waals surface area contributed by atoms with Gasteiger partial charge in [0.2, 0.25) is 10.0 Å². The van der Waals surface area contributed by atoms with Gasteiger partial charge in [0.1, 0.15) is 0 Å². The Bertz CT molecular complexity index is 545. The number of nitrogens with one attached hydrogen (secondary N) is 1. The molecule has 100 valence electrons. The van der Waals surface area contributed by atoms with Crippen molar-refractivity contribution in [3.8, 4) is 0 Å². The van der Waals surface area contributed by atoms with Crippen molar-refractivity contribution in [3.05, 3.63) is 28.3 Å². The number of nitrogens with zero attached hydrogens (tertiary/aromatic N) is 1. The highest BCUT2D eigenvalue weighted by molar-refractivity contribution is 7.98. The molecule has 0 heterocycles. The molecule has 0 atom stereocenters. The molecule has 1 aromatic carbocycles. The molecule has 1 rings (SSSR count). The molecule has 1 aromatic rings. The molecule has 0 aromatic heterocycles. The smallest absolute Gasteiger partial charge is 0.289 e. The number of anilines is 1. The van der Waals surface area contributed by atoms with Crippen LogP contribution in [-0.4, -0.2) is 31.9 Å². The molecule has 18 heavy (non-hydrogen) atoms. The summed E-state index contributed by atoms with van der Waals surface area (Å²) in [5.41, 5.74) is 5.13. The minimum absolute atomic E-state index is 0.158. The molecule has 9 heteroatoms. The van der Waals surface area contributed by atoms with Crippen molar-refractivity contribution in [2.24, 2.45) is 0 Å². The van der Waals surface area contributed by atoms with Gasteiger partial charge in [-0.1, -0.05) is 0 Å².